The molecule has 148 valence electrons. The quantitative estimate of drug-likeness (QED) is 0.484. The van der Waals surface area contributed by atoms with Crippen molar-refractivity contribution in [3.8, 4) is 5.69 Å². The van der Waals surface area contributed by atoms with Gasteiger partial charge in [-0.2, -0.15) is 5.10 Å². The maximum atomic E-state index is 14.5. The van der Waals surface area contributed by atoms with Crippen LogP contribution in [-0.2, 0) is 10.0 Å². The van der Waals surface area contributed by atoms with Crippen molar-refractivity contribution in [2.75, 3.05) is 4.72 Å². The number of sulfonamides is 1. The van der Waals surface area contributed by atoms with Crippen molar-refractivity contribution in [3.05, 3.63) is 65.7 Å². The van der Waals surface area contributed by atoms with E-state index in [1.807, 2.05) is 6.92 Å². The van der Waals surface area contributed by atoms with E-state index >= 15 is 0 Å². The molecule has 0 aliphatic carbocycles. The Kier molecular flexibility index (Phi) is 4.67. The molecule has 29 heavy (non-hydrogen) atoms. The Bertz CT molecular complexity index is 1360. The monoisotopic (exact) mass is 430 g/mol. The molecular weight excluding hydrogens is 415 g/mol. The van der Waals surface area contributed by atoms with E-state index in [1.165, 1.54) is 23.7 Å². The number of thiazole rings is 1. The van der Waals surface area contributed by atoms with Gasteiger partial charge in [-0.05, 0) is 55.8 Å². The van der Waals surface area contributed by atoms with Crippen LogP contribution in [0.3, 0.4) is 0 Å². The summed E-state index contributed by atoms with van der Waals surface area (Å²) < 4.78 is 44.2. The molecule has 0 bridgehead atoms. The zero-order chi connectivity index (χ0) is 20.8. The van der Waals surface area contributed by atoms with E-state index in [0.29, 0.717) is 15.8 Å². The fraction of sp³-hybridized carbons (Fsp3) is 0.105. The lowest BCUT2D eigenvalue weighted by Crippen LogP contribution is -2.13. The number of aryl methyl sites for hydroxylation is 1. The van der Waals surface area contributed by atoms with Gasteiger partial charge in [0.2, 0.25) is 0 Å². The van der Waals surface area contributed by atoms with Crippen molar-refractivity contribution in [2.24, 2.45) is 0 Å². The first kappa shape index (κ1) is 19.2. The second-order valence-corrected chi connectivity index (χ2v) is 9.15. The minimum atomic E-state index is -4.04. The molecule has 0 radical (unpaired) electrons. The molecular formula is C19H15FN4O3S2. The molecule has 0 spiro atoms. The van der Waals surface area contributed by atoms with Crippen LogP contribution in [0.2, 0.25) is 0 Å². The molecule has 7 nitrogen and oxygen atoms in total. The van der Waals surface area contributed by atoms with E-state index in [1.54, 1.807) is 30.6 Å². The largest absolute Gasteiger partial charge is 0.295 e. The third kappa shape index (κ3) is 3.76. The maximum absolute atomic E-state index is 14.5. The number of Topliss-reactive ketones (excluding diaryl/α,β-unsaturated/α-hetero) is 1. The fourth-order valence-corrected chi connectivity index (χ4v) is 4.90. The van der Waals surface area contributed by atoms with Gasteiger partial charge >= 0.3 is 0 Å². The standard InChI is InChI=1S/C19H15FN4O3S2/c1-11-9-21-24(10-11)17-6-4-14(8-15(17)20)29(26,27)23-19-22-16-5-3-13(12(2)25)7-18(16)28-19/h3-10H,1-2H3,(H,22,23). The van der Waals surface area contributed by atoms with Gasteiger partial charge in [-0.15, -0.1) is 0 Å². The number of halogens is 1. The van der Waals surface area contributed by atoms with Crippen LogP contribution >= 0.6 is 11.3 Å². The van der Waals surface area contributed by atoms with E-state index in [2.05, 4.69) is 14.8 Å². The zero-order valence-electron chi connectivity index (χ0n) is 15.4. The smallest absolute Gasteiger partial charge is 0.263 e. The lowest BCUT2D eigenvalue weighted by molar-refractivity contribution is 0.101. The fourth-order valence-electron chi connectivity index (χ4n) is 2.75. The van der Waals surface area contributed by atoms with Crippen molar-refractivity contribution in [3.63, 3.8) is 0 Å². The predicted octanol–water partition coefficient (Wildman–Crippen LogP) is 3.93. The molecule has 2 heterocycles. The Morgan fingerprint density at radius 3 is 2.66 bits per heavy atom. The highest BCUT2D eigenvalue weighted by atomic mass is 32.2. The van der Waals surface area contributed by atoms with E-state index in [9.17, 15) is 17.6 Å². The highest BCUT2D eigenvalue weighted by Gasteiger charge is 2.19. The number of aromatic nitrogens is 3. The molecule has 0 saturated heterocycles. The third-order valence-electron chi connectivity index (χ3n) is 4.20. The molecule has 10 heteroatoms. The highest BCUT2D eigenvalue weighted by molar-refractivity contribution is 7.93. The lowest BCUT2D eigenvalue weighted by atomic mass is 10.1. The number of nitrogens with one attached hydrogen (secondary N) is 1. The van der Waals surface area contributed by atoms with E-state index in [-0.39, 0.29) is 21.5 Å². The summed E-state index contributed by atoms with van der Waals surface area (Å²) in [5.41, 5.74) is 2.08. The average Bonchev–Trinajstić information content (AvgIpc) is 3.25. The number of carbonyl (C=O) groups is 1. The van der Waals surface area contributed by atoms with Gasteiger partial charge in [0, 0.05) is 11.8 Å². The Morgan fingerprint density at radius 1 is 1.21 bits per heavy atom. The van der Waals surface area contributed by atoms with Crippen LogP contribution in [0.5, 0.6) is 0 Å². The Hall–Kier alpha value is -3.11. The number of rotatable bonds is 5. The first-order chi connectivity index (χ1) is 13.7. The number of benzene rings is 2. The molecule has 0 fully saturated rings. The molecule has 0 atom stereocenters. The van der Waals surface area contributed by atoms with Gasteiger partial charge in [-0.3, -0.25) is 9.52 Å². The number of carbonyl (C=O) groups excluding carboxylic acids is 1. The Morgan fingerprint density at radius 2 is 2.00 bits per heavy atom. The van der Waals surface area contributed by atoms with Gasteiger partial charge in [0.1, 0.15) is 11.5 Å². The van der Waals surface area contributed by atoms with Crippen LogP contribution in [0.15, 0.2) is 53.7 Å². The van der Waals surface area contributed by atoms with Crippen molar-refractivity contribution >= 4 is 42.5 Å². The first-order valence-electron chi connectivity index (χ1n) is 8.48. The Labute approximate surface area is 169 Å². The lowest BCUT2D eigenvalue weighted by Gasteiger charge is -2.08. The molecule has 1 N–H and O–H groups in total. The third-order valence-corrected chi connectivity index (χ3v) is 6.60. The zero-order valence-corrected chi connectivity index (χ0v) is 17.0. The van der Waals surface area contributed by atoms with Crippen LogP contribution in [-0.4, -0.2) is 29.0 Å². The minimum Gasteiger partial charge on any atom is -0.295 e. The summed E-state index contributed by atoms with van der Waals surface area (Å²) in [5, 5.41) is 4.16. The van der Waals surface area contributed by atoms with Gasteiger partial charge in [0.25, 0.3) is 10.0 Å². The van der Waals surface area contributed by atoms with Crippen LogP contribution < -0.4 is 4.72 Å². The first-order valence-corrected chi connectivity index (χ1v) is 10.8. The van der Waals surface area contributed by atoms with Crippen LogP contribution in [0.4, 0.5) is 9.52 Å². The number of anilines is 1. The SMILES string of the molecule is CC(=O)c1ccc2nc(NS(=O)(=O)c3ccc(-n4cc(C)cn4)c(F)c3)sc2c1. The number of hydrogen-bond acceptors (Lipinski definition) is 6. The van der Waals surface area contributed by atoms with E-state index < -0.39 is 15.8 Å². The summed E-state index contributed by atoms with van der Waals surface area (Å²) in [4.78, 5) is 15.5. The maximum Gasteiger partial charge on any atom is 0.263 e. The predicted molar refractivity (Wildman–Crippen MR) is 109 cm³/mol. The number of ketones is 1. The van der Waals surface area contributed by atoms with E-state index in [4.69, 9.17) is 0 Å². The van der Waals surface area contributed by atoms with Gasteiger partial charge in [0.05, 0.1) is 21.3 Å². The average molecular weight is 430 g/mol. The van der Waals surface area contributed by atoms with Gasteiger partial charge in [-0.1, -0.05) is 11.3 Å². The Balaban J connectivity index is 1.64. The summed E-state index contributed by atoms with van der Waals surface area (Å²) in [6.45, 7) is 3.27. The molecule has 0 amide bonds. The number of nitrogens with zero attached hydrogens (tertiary/aromatic N) is 3. The molecule has 0 unspecified atom stereocenters. The molecule has 0 aliphatic heterocycles. The van der Waals surface area contributed by atoms with Crippen LogP contribution in [0.25, 0.3) is 15.9 Å². The molecule has 4 rings (SSSR count). The summed E-state index contributed by atoms with van der Waals surface area (Å²) in [5.74, 6) is -0.809. The molecule has 2 aromatic heterocycles. The normalized spacial score (nSPS) is 11.7. The molecule has 4 aromatic rings. The second kappa shape index (κ2) is 7.05. The van der Waals surface area contributed by atoms with Crippen molar-refractivity contribution in [1.82, 2.24) is 14.8 Å². The van der Waals surface area contributed by atoms with Gasteiger partial charge in [0.15, 0.2) is 10.9 Å². The topological polar surface area (TPSA) is 94.0 Å². The van der Waals surface area contributed by atoms with Crippen molar-refractivity contribution in [2.45, 2.75) is 18.7 Å². The molecule has 2 aromatic carbocycles. The number of fused-ring (bicyclic) bond motifs is 1. The molecule has 0 aliphatic rings. The van der Waals surface area contributed by atoms with Crippen LogP contribution in [0.1, 0.15) is 22.8 Å². The summed E-state index contributed by atoms with van der Waals surface area (Å²) >= 11 is 1.10. The summed E-state index contributed by atoms with van der Waals surface area (Å²) in [6, 6.07) is 8.55. The number of hydrogen-bond donors (Lipinski definition) is 1. The van der Waals surface area contributed by atoms with Crippen molar-refractivity contribution < 1.29 is 17.6 Å². The van der Waals surface area contributed by atoms with E-state index in [0.717, 1.165) is 23.0 Å². The second-order valence-electron chi connectivity index (χ2n) is 6.44. The summed E-state index contributed by atoms with van der Waals surface area (Å²) in [6.07, 6.45) is 3.22. The molecule has 0 saturated carbocycles. The highest BCUT2D eigenvalue weighted by Crippen LogP contribution is 2.29. The van der Waals surface area contributed by atoms with Crippen LogP contribution in [0, 0.1) is 12.7 Å². The van der Waals surface area contributed by atoms with Crippen molar-refractivity contribution in [1.29, 1.82) is 0 Å². The van der Waals surface area contributed by atoms with Gasteiger partial charge in [-0.25, -0.2) is 22.5 Å². The van der Waals surface area contributed by atoms with Gasteiger partial charge < -0.3 is 0 Å². The minimum absolute atomic E-state index is 0.0922. The summed E-state index contributed by atoms with van der Waals surface area (Å²) in [7, 11) is -4.04.